The van der Waals surface area contributed by atoms with E-state index in [-0.39, 0.29) is 24.1 Å². The van der Waals surface area contributed by atoms with Crippen LogP contribution in [0.1, 0.15) is 43.5 Å². The minimum Gasteiger partial charge on any atom is -0.376 e. The number of rotatable bonds is 6. The maximum Gasteiger partial charge on any atom is 0.319 e. The Morgan fingerprint density at radius 2 is 2.04 bits per heavy atom. The van der Waals surface area contributed by atoms with Gasteiger partial charge < -0.3 is 20.7 Å². The van der Waals surface area contributed by atoms with Crippen LogP contribution in [-0.4, -0.2) is 37.2 Å². The van der Waals surface area contributed by atoms with Crippen LogP contribution < -0.4 is 16.0 Å². The lowest BCUT2D eigenvalue weighted by molar-refractivity contribution is 0.0939. The molecule has 0 aliphatic carbocycles. The van der Waals surface area contributed by atoms with Gasteiger partial charge >= 0.3 is 6.03 Å². The molecule has 6 heteroatoms. The first-order valence-electron chi connectivity index (χ1n) is 8.16. The fourth-order valence-corrected chi connectivity index (χ4v) is 2.30. The van der Waals surface area contributed by atoms with E-state index in [1.54, 1.807) is 24.3 Å². The topological polar surface area (TPSA) is 79.5 Å². The predicted molar refractivity (Wildman–Crippen MR) is 89.7 cm³/mol. The number of carbonyl (C=O) groups excluding carboxylic acids is 2. The third kappa shape index (κ3) is 5.56. The summed E-state index contributed by atoms with van der Waals surface area (Å²) in [6.45, 7) is 5.27. The van der Waals surface area contributed by atoms with Crippen molar-refractivity contribution < 1.29 is 14.3 Å². The zero-order valence-electron chi connectivity index (χ0n) is 13.7. The highest BCUT2D eigenvalue weighted by Crippen LogP contribution is 2.12. The van der Waals surface area contributed by atoms with E-state index in [0.29, 0.717) is 17.8 Å². The van der Waals surface area contributed by atoms with Crippen LogP contribution in [-0.2, 0) is 4.74 Å². The van der Waals surface area contributed by atoms with E-state index in [1.165, 1.54) is 0 Å². The highest BCUT2D eigenvalue weighted by atomic mass is 16.5. The molecular formula is C17H25N3O3. The van der Waals surface area contributed by atoms with E-state index in [1.807, 2.05) is 13.8 Å². The van der Waals surface area contributed by atoms with E-state index < -0.39 is 0 Å². The SMILES string of the molecule is CCC(C)NC(=O)c1ccc(NC(=O)NCC2CCCO2)cc1. The predicted octanol–water partition coefficient (Wildman–Crippen LogP) is 2.52. The summed E-state index contributed by atoms with van der Waals surface area (Å²) in [5.41, 5.74) is 1.23. The molecule has 3 N–H and O–H groups in total. The Morgan fingerprint density at radius 3 is 2.65 bits per heavy atom. The van der Waals surface area contributed by atoms with Gasteiger partial charge in [-0.05, 0) is 50.5 Å². The fourth-order valence-electron chi connectivity index (χ4n) is 2.30. The van der Waals surface area contributed by atoms with E-state index in [2.05, 4.69) is 16.0 Å². The van der Waals surface area contributed by atoms with Crippen LogP contribution in [0.4, 0.5) is 10.5 Å². The molecule has 1 aromatic carbocycles. The summed E-state index contributed by atoms with van der Waals surface area (Å²) in [5.74, 6) is -0.103. The number of carbonyl (C=O) groups is 2. The van der Waals surface area contributed by atoms with Crippen LogP contribution >= 0.6 is 0 Å². The van der Waals surface area contributed by atoms with Gasteiger partial charge in [0, 0.05) is 30.4 Å². The molecule has 1 heterocycles. The molecule has 1 saturated heterocycles. The molecule has 0 radical (unpaired) electrons. The molecule has 1 aromatic rings. The normalized spacial score (nSPS) is 18.3. The molecule has 6 nitrogen and oxygen atoms in total. The zero-order valence-corrected chi connectivity index (χ0v) is 13.7. The lowest BCUT2D eigenvalue weighted by Crippen LogP contribution is -2.35. The highest BCUT2D eigenvalue weighted by Gasteiger charge is 2.16. The van der Waals surface area contributed by atoms with Crippen molar-refractivity contribution >= 4 is 17.6 Å². The van der Waals surface area contributed by atoms with Crippen molar-refractivity contribution in [2.24, 2.45) is 0 Å². The molecule has 23 heavy (non-hydrogen) atoms. The smallest absolute Gasteiger partial charge is 0.319 e. The molecule has 1 aliphatic heterocycles. The summed E-state index contributed by atoms with van der Waals surface area (Å²) >= 11 is 0. The third-order valence-electron chi connectivity index (χ3n) is 3.91. The molecule has 1 fully saturated rings. The van der Waals surface area contributed by atoms with Crippen molar-refractivity contribution in [3.8, 4) is 0 Å². The summed E-state index contributed by atoms with van der Waals surface area (Å²) in [7, 11) is 0. The average molecular weight is 319 g/mol. The molecule has 3 amide bonds. The van der Waals surface area contributed by atoms with E-state index in [9.17, 15) is 9.59 Å². The van der Waals surface area contributed by atoms with Gasteiger partial charge in [-0.2, -0.15) is 0 Å². The molecule has 2 rings (SSSR count). The number of urea groups is 1. The maximum atomic E-state index is 12.0. The van der Waals surface area contributed by atoms with Crippen molar-refractivity contribution in [3.63, 3.8) is 0 Å². The Labute approximate surface area is 137 Å². The van der Waals surface area contributed by atoms with Crippen molar-refractivity contribution in [2.45, 2.75) is 45.3 Å². The quantitative estimate of drug-likeness (QED) is 0.754. The van der Waals surface area contributed by atoms with Gasteiger partial charge in [0.15, 0.2) is 0 Å². The van der Waals surface area contributed by atoms with E-state index >= 15 is 0 Å². The second-order valence-corrected chi connectivity index (χ2v) is 5.83. The third-order valence-corrected chi connectivity index (χ3v) is 3.91. The van der Waals surface area contributed by atoms with Gasteiger partial charge in [0.2, 0.25) is 0 Å². The van der Waals surface area contributed by atoms with Crippen molar-refractivity contribution in [3.05, 3.63) is 29.8 Å². The van der Waals surface area contributed by atoms with Crippen LogP contribution in [0.3, 0.4) is 0 Å². The van der Waals surface area contributed by atoms with E-state index in [0.717, 1.165) is 25.9 Å². The number of hydrogen-bond donors (Lipinski definition) is 3. The first-order chi connectivity index (χ1) is 11.1. The number of ether oxygens (including phenoxy) is 1. The monoisotopic (exact) mass is 319 g/mol. The zero-order chi connectivity index (χ0) is 16.7. The van der Waals surface area contributed by atoms with Gasteiger partial charge in [0.1, 0.15) is 0 Å². The average Bonchev–Trinajstić information content (AvgIpc) is 3.07. The summed E-state index contributed by atoms with van der Waals surface area (Å²) in [6.07, 6.45) is 3.04. The molecular weight excluding hydrogens is 294 g/mol. The second kappa shape index (κ2) is 8.53. The van der Waals surface area contributed by atoms with Crippen molar-refractivity contribution in [2.75, 3.05) is 18.5 Å². The Hall–Kier alpha value is -2.08. The van der Waals surface area contributed by atoms with Gasteiger partial charge in [0.25, 0.3) is 5.91 Å². The first-order valence-corrected chi connectivity index (χ1v) is 8.16. The largest absolute Gasteiger partial charge is 0.376 e. The van der Waals surface area contributed by atoms with Crippen LogP contribution in [0, 0.1) is 0 Å². The minimum absolute atomic E-state index is 0.103. The van der Waals surface area contributed by atoms with Gasteiger partial charge in [0.05, 0.1) is 6.10 Å². The van der Waals surface area contributed by atoms with Gasteiger partial charge in [-0.25, -0.2) is 4.79 Å². The highest BCUT2D eigenvalue weighted by molar-refractivity contribution is 5.95. The number of anilines is 1. The summed E-state index contributed by atoms with van der Waals surface area (Å²) in [5, 5.41) is 8.44. The van der Waals surface area contributed by atoms with Gasteiger partial charge in [-0.3, -0.25) is 4.79 Å². The Morgan fingerprint density at radius 1 is 1.30 bits per heavy atom. The summed E-state index contributed by atoms with van der Waals surface area (Å²) < 4.78 is 5.45. The van der Waals surface area contributed by atoms with Crippen molar-refractivity contribution in [1.29, 1.82) is 0 Å². The Bertz CT molecular complexity index is 524. The Kier molecular flexibility index (Phi) is 6.40. The van der Waals surface area contributed by atoms with Crippen LogP contribution in [0.15, 0.2) is 24.3 Å². The molecule has 0 saturated carbocycles. The lowest BCUT2D eigenvalue weighted by atomic mass is 10.1. The number of nitrogens with one attached hydrogen (secondary N) is 3. The molecule has 0 bridgehead atoms. The van der Waals surface area contributed by atoms with Gasteiger partial charge in [-0.15, -0.1) is 0 Å². The van der Waals surface area contributed by atoms with Gasteiger partial charge in [-0.1, -0.05) is 6.92 Å². The first kappa shape index (κ1) is 17.3. The molecule has 2 atom stereocenters. The molecule has 0 spiro atoms. The number of benzene rings is 1. The summed E-state index contributed by atoms with van der Waals surface area (Å²) in [6, 6.07) is 6.72. The van der Waals surface area contributed by atoms with Crippen molar-refractivity contribution in [1.82, 2.24) is 10.6 Å². The Balaban J connectivity index is 1.79. The molecule has 2 unspecified atom stereocenters. The lowest BCUT2D eigenvalue weighted by Gasteiger charge is -2.13. The molecule has 126 valence electrons. The molecule has 0 aromatic heterocycles. The summed E-state index contributed by atoms with van der Waals surface area (Å²) in [4.78, 5) is 23.8. The second-order valence-electron chi connectivity index (χ2n) is 5.83. The fraction of sp³-hybridized carbons (Fsp3) is 0.529. The van der Waals surface area contributed by atoms with Crippen LogP contribution in [0.5, 0.6) is 0 Å². The van der Waals surface area contributed by atoms with Crippen LogP contribution in [0.25, 0.3) is 0 Å². The number of amides is 3. The standard InChI is InChI=1S/C17H25N3O3/c1-3-12(2)19-16(21)13-6-8-14(9-7-13)20-17(22)18-11-15-5-4-10-23-15/h6-9,12,15H,3-5,10-11H2,1-2H3,(H,19,21)(H2,18,20,22). The number of hydrogen-bond acceptors (Lipinski definition) is 3. The minimum atomic E-state index is -0.266. The van der Waals surface area contributed by atoms with Crippen LogP contribution in [0.2, 0.25) is 0 Å². The van der Waals surface area contributed by atoms with E-state index in [4.69, 9.17) is 4.74 Å². The maximum absolute atomic E-state index is 12.0. The molecule has 1 aliphatic rings.